The second kappa shape index (κ2) is 7.96. The molecule has 4 bridgehead atoms. The second-order valence-corrected chi connectivity index (χ2v) is 11.5. The van der Waals surface area contributed by atoms with Crippen molar-refractivity contribution < 1.29 is 14.3 Å². The Bertz CT molecular complexity index is 864. The second-order valence-electron chi connectivity index (χ2n) is 9.55. The zero-order valence-corrected chi connectivity index (χ0v) is 18.7. The van der Waals surface area contributed by atoms with E-state index in [2.05, 4.69) is 49.6 Å². The minimum absolute atomic E-state index is 0.0161. The molecule has 0 aliphatic heterocycles. The molecule has 4 aliphatic carbocycles. The SMILES string of the molecule is C[S+](c1ccccc1)c1ccc(OCC(=O)OC2(C)C3CC4CC(C3)CC2C4)cc1. The van der Waals surface area contributed by atoms with Crippen molar-refractivity contribution >= 4 is 16.9 Å². The fourth-order valence-electron chi connectivity index (χ4n) is 6.20. The van der Waals surface area contributed by atoms with Crippen molar-refractivity contribution in [1.82, 2.24) is 0 Å². The molecular formula is C26H31O3S+. The van der Waals surface area contributed by atoms with Gasteiger partial charge in [-0.05, 0) is 99.1 Å². The van der Waals surface area contributed by atoms with E-state index in [0.717, 1.165) is 17.6 Å². The van der Waals surface area contributed by atoms with Gasteiger partial charge in [-0.2, -0.15) is 0 Å². The quantitative estimate of drug-likeness (QED) is 0.455. The highest BCUT2D eigenvalue weighted by molar-refractivity contribution is 7.96. The summed E-state index contributed by atoms with van der Waals surface area (Å²) in [6, 6.07) is 18.6. The van der Waals surface area contributed by atoms with Crippen LogP contribution in [0.15, 0.2) is 64.4 Å². The molecule has 4 fully saturated rings. The number of rotatable bonds is 6. The average Bonchev–Trinajstić information content (AvgIpc) is 2.76. The van der Waals surface area contributed by atoms with Crippen LogP contribution in [0.1, 0.15) is 39.0 Å². The summed E-state index contributed by atoms with van der Waals surface area (Å²) in [4.78, 5) is 15.2. The van der Waals surface area contributed by atoms with Crippen molar-refractivity contribution in [3.63, 3.8) is 0 Å². The lowest BCUT2D eigenvalue weighted by atomic mass is 9.50. The molecule has 2 aromatic carbocycles. The van der Waals surface area contributed by atoms with Crippen LogP contribution in [-0.2, 0) is 20.4 Å². The first-order valence-electron chi connectivity index (χ1n) is 11.2. The van der Waals surface area contributed by atoms with Gasteiger partial charge >= 0.3 is 5.97 Å². The predicted molar refractivity (Wildman–Crippen MR) is 120 cm³/mol. The molecule has 0 aromatic heterocycles. The van der Waals surface area contributed by atoms with Crippen molar-refractivity contribution in [1.29, 1.82) is 0 Å². The maximum atomic E-state index is 12.6. The molecular weight excluding hydrogens is 392 g/mol. The fraction of sp³-hybridized carbons (Fsp3) is 0.500. The summed E-state index contributed by atoms with van der Waals surface area (Å²) in [7, 11) is 0.0222. The Balaban J connectivity index is 1.17. The van der Waals surface area contributed by atoms with Crippen LogP contribution in [-0.4, -0.2) is 24.4 Å². The normalized spacial score (nSPS) is 32.6. The van der Waals surface area contributed by atoms with Crippen LogP contribution >= 0.6 is 0 Å². The summed E-state index contributed by atoms with van der Waals surface area (Å²) >= 11 is 0. The van der Waals surface area contributed by atoms with Gasteiger partial charge in [0.05, 0.1) is 10.9 Å². The largest absolute Gasteiger partial charge is 0.482 e. The first kappa shape index (κ1) is 20.0. The maximum Gasteiger partial charge on any atom is 0.344 e. The van der Waals surface area contributed by atoms with Crippen LogP contribution in [0.5, 0.6) is 5.75 Å². The van der Waals surface area contributed by atoms with E-state index in [4.69, 9.17) is 9.47 Å². The minimum Gasteiger partial charge on any atom is -0.482 e. The van der Waals surface area contributed by atoms with Gasteiger partial charge in [-0.25, -0.2) is 4.79 Å². The van der Waals surface area contributed by atoms with Crippen molar-refractivity contribution in [2.75, 3.05) is 12.9 Å². The van der Waals surface area contributed by atoms with Gasteiger partial charge in [0.25, 0.3) is 0 Å². The van der Waals surface area contributed by atoms with Gasteiger partial charge in [0.2, 0.25) is 0 Å². The summed E-state index contributed by atoms with van der Waals surface area (Å²) < 4.78 is 11.9. The monoisotopic (exact) mass is 423 g/mol. The average molecular weight is 424 g/mol. The molecule has 30 heavy (non-hydrogen) atoms. The molecule has 0 N–H and O–H groups in total. The van der Waals surface area contributed by atoms with Crippen LogP contribution in [0.3, 0.4) is 0 Å². The van der Waals surface area contributed by atoms with Crippen LogP contribution in [0.2, 0.25) is 0 Å². The van der Waals surface area contributed by atoms with E-state index in [-0.39, 0.29) is 29.1 Å². The van der Waals surface area contributed by atoms with Gasteiger partial charge in [0.15, 0.2) is 16.4 Å². The van der Waals surface area contributed by atoms with Gasteiger partial charge in [0, 0.05) is 0 Å². The summed E-state index contributed by atoms with van der Waals surface area (Å²) in [6.45, 7) is 2.16. The van der Waals surface area contributed by atoms with Crippen molar-refractivity contribution in [2.45, 2.75) is 54.4 Å². The van der Waals surface area contributed by atoms with Gasteiger partial charge < -0.3 is 9.47 Å². The Morgan fingerprint density at radius 3 is 2.07 bits per heavy atom. The minimum atomic E-state index is -0.288. The zero-order valence-electron chi connectivity index (χ0n) is 17.9. The molecule has 4 heteroatoms. The molecule has 2 aromatic rings. The van der Waals surface area contributed by atoms with Crippen LogP contribution in [0.25, 0.3) is 0 Å². The Hall–Kier alpha value is -1.94. The zero-order chi connectivity index (χ0) is 20.7. The molecule has 0 heterocycles. The summed E-state index contributed by atoms with van der Waals surface area (Å²) in [5, 5.41) is 0. The third kappa shape index (κ3) is 3.75. The van der Waals surface area contributed by atoms with E-state index in [0.29, 0.717) is 11.8 Å². The van der Waals surface area contributed by atoms with Crippen LogP contribution in [0, 0.1) is 23.7 Å². The topological polar surface area (TPSA) is 35.5 Å². The summed E-state index contributed by atoms with van der Waals surface area (Å²) in [5.41, 5.74) is -0.288. The Morgan fingerprint density at radius 1 is 0.900 bits per heavy atom. The van der Waals surface area contributed by atoms with Gasteiger partial charge in [-0.3, -0.25) is 0 Å². The Kier molecular flexibility index (Phi) is 5.30. The number of benzene rings is 2. The lowest BCUT2D eigenvalue weighted by molar-refractivity contribution is -0.204. The number of carbonyl (C=O) groups is 1. The van der Waals surface area contributed by atoms with E-state index in [1.54, 1.807) is 0 Å². The Labute approximate surface area is 182 Å². The Morgan fingerprint density at radius 2 is 1.47 bits per heavy atom. The van der Waals surface area contributed by atoms with Crippen molar-refractivity contribution in [2.24, 2.45) is 23.7 Å². The fourth-order valence-corrected chi connectivity index (χ4v) is 7.59. The third-order valence-corrected chi connectivity index (χ3v) is 9.68. The molecule has 0 spiro atoms. The van der Waals surface area contributed by atoms with Crippen molar-refractivity contribution in [3.05, 3.63) is 54.6 Å². The molecule has 6 rings (SSSR count). The first-order valence-corrected chi connectivity index (χ1v) is 12.8. The number of hydrogen-bond donors (Lipinski definition) is 0. The van der Waals surface area contributed by atoms with E-state index in [1.165, 1.54) is 41.9 Å². The van der Waals surface area contributed by atoms with Crippen LogP contribution < -0.4 is 4.74 Å². The molecule has 0 radical (unpaired) electrons. The molecule has 3 nitrogen and oxygen atoms in total. The molecule has 4 aliphatic rings. The molecule has 0 amide bonds. The molecule has 1 unspecified atom stereocenters. The smallest absolute Gasteiger partial charge is 0.344 e. The van der Waals surface area contributed by atoms with Gasteiger partial charge in [-0.15, -0.1) is 0 Å². The van der Waals surface area contributed by atoms with Crippen molar-refractivity contribution in [3.8, 4) is 5.75 Å². The van der Waals surface area contributed by atoms with E-state index in [1.807, 2.05) is 18.2 Å². The van der Waals surface area contributed by atoms with Gasteiger partial charge in [-0.1, -0.05) is 18.2 Å². The molecule has 4 saturated carbocycles. The van der Waals surface area contributed by atoms with E-state index in [9.17, 15) is 4.79 Å². The maximum absolute atomic E-state index is 12.6. The lowest BCUT2D eigenvalue weighted by Gasteiger charge is -2.59. The standard InChI is InChI=1S/C26H31O3S/c1-26(20-13-18-12-19(15-20)16-21(26)14-18)29-25(27)17-28-22-8-10-24(11-9-22)30(2)23-6-4-3-5-7-23/h3-11,18-21H,12-17H2,1-2H3/q+1. The van der Waals surface area contributed by atoms with Crippen LogP contribution in [0.4, 0.5) is 0 Å². The number of ether oxygens (including phenoxy) is 2. The van der Waals surface area contributed by atoms with Gasteiger partial charge in [0.1, 0.15) is 17.6 Å². The summed E-state index contributed by atoms with van der Waals surface area (Å²) in [5.74, 6) is 3.31. The van der Waals surface area contributed by atoms with E-state index >= 15 is 0 Å². The first-order chi connectivity index (χ1) is 14.5. The number of esters is 1. The summed E-state index contributed by atoms with van der Waals surface area (Å²) in [6.07, 6.45) is 8.58. The highest BCUT2D eigenvalue weighted by Crippen LogP contribution is 2.59. The highest BCUT2D eigenvalue weighted by Gasteiger charge is 2.57. The molecule has 158 valence electrons. The van der Waals surface area contributed by atoms with E-state index < -0.39 is 0 Å². The highest BCUT2D eigenvalue weighted by atomic mass is 32.2. The lowest BCUT2D eigenvalue weighted by Crippen LogP contribution is -2.58. The predicted octanol–water partition coefficient (Wildman–Crippen LogP) is 5.49. The number of carbonyl (C=O) groups excluding carboxylic acids is 1. The molecule has 1 atom stereocenters. The third-order valence-electron chi connectivity index (χ3n) is 7.72. The number of hydrogen-bond acceptors (Lipinski definition) is 3. The molecule has 0 saturated heterocycles.